The minimum absolute atomic E-state index is 0.262. The van der Waals surface area contributed by atoms with Gasteiger partial charge in [0.25, 0.3) is 0 Å². The Hall–Kier alpha value is -3.02. The van der Waals surface area contributed by atoms with Gasteiger partial charge in [0.2, 0.25) is 0 Å². The van der Waals surface area contributed by atoms with Gasteiger partial charge in [-0.05, 0) is 56.2 Å². The van der Waals surface area contributed by atoms with Crippen LogP contribution in [0, 0.1) is 19.7 Å². The van der Waals surface area contributed by atoms with E-state index in [1.807, 2.05) is 19.1 Å². The average Bonchev–Trinajstić information content (AvgIpc) is 2.96. The second-order valence-corrected chi connectivity index (χ2v) is 6.53. The minimum Gasteiger partial charge on any atom is -0.340 e. The molecule has 0 radical (unpaired) electrons. The van der Waals surface area contributed by atoms with E-state index in [1.54, 1.807) is 16.6 Å². The van der Waals surface area contributed by atoms with Gasteiger partial charge in [-0.25, -0.2) is 14.4 Å². The standard InChI is InChI=1S/C20H20FN5/c1-4-5-16-11-17(23-15-8-6-14(21)7-9-15)26-20(24-16)18-12(2)10-13(3)22-19(18)25-26/h6-11,23H,4-5H2,1-3H3. The molecule has 0 atom stereocenters. The van der Waals surface area contributed by atoms with Crippen LogP contribution in [0.2, 0.25) is 0 Å². The Bertz CT molecular complexity index is 1100. The zero-order valence-corrected chi connectivity index (χ0v) is 15.0. The average molecular weight is 349 g/mol. The van der Waals surface area contributed by atoms with Crippen LogP contribution in [0.5, 0.6) is 0 Å². The molecule has 0 amide bonds. The van der Waals surface area contributed by atoms with Crippen molar-refractivity contribution in [1.82, 2.24) is 19.6 Å². The number of rotatable bonds is 4. The van der Waals surface area contributed by atoms with Gasteiger partial charge >= 0.3 is 0 Å². The third-order valence-corrected chi connectivity index (χ3v) is 4.35. The molecule has 0 spiro atoms. The summed E-state index contributed by atoms with van der Waals surface area (Å²) >= 11 is 0. The van der Waals surface area contributed by atoms with E-state index < -0.39 is 0 Å². The van der Waals surface area contributed by atoms with E-state index in [4.69, 9.17) is 4.98 Å². The lowest BCUT2D eigenvalue weighted by molar-refractivity contribution is 0.628. The van der Waals surface area contributed by atoms with Crippen LogP contribution in [0.1, 0.15) is 30.3 Å². The van der Waals surface area contributed by atoms with Crippen LogP contribution < -0.4 is 5.32 Å². The summed E-state index contributed by atoms with van der Waals surface area (Å²) in [5, 5.41) is 8.96. The molecule has 4 aromatic rings. The quantitative estimate of drug-likeness (QED) is 0.579. The number of halogens is 1. The van der Waals surface area contributed by atoms with Crippen molar-refractivity contribution < 1.29 is 4.39 Å². The molecule has 26 heavy (non-hydrogen) atoms. The molecule has 0 aliphatic rings. The summed E-state index contributed by atoms with van der Waals surface area (Å²) in [7, 11) is 0. The number of pyridine rings is 1. The first-order valence-corrected chi connectivity index (χ1v) is 8.74. The number of nitrogens with one attached hydrogen (secondary N) is 1. The lowest BCUT2D eigenvalue weighted by Gasteiger charge is -2.10. The van der Waals surface area contributed by atoms with Crippen LogP contribution >= 0.6 is 0 Å². The number of benzene rings is 1. The topological polar surface area (TPSA) is 55.1 Å². The smallest absolute Gasteiger partial charge is 0.184 e. The fourth-order valence-corrected chi connectivity index (χ4v) is 3.23. The molecule has 1 N–H and O–H groups in total. The highest BCUT2D eigenvalue weighted by atomic mass is 19.1. The molecular formula is C20H20FN5. The van der Waals surface area contributed by atoms with Crippen molar-refractivity contribution in [1.29, 1.82) is 0 Å². The second kappa shape index (κ2) is 6.37. The maximum atomic E-state index is 13.2. The maximum Gasteiger partial charge on any atom is 0.184 e. The van der Waals surface area contributed by atoms with Crippen molar-refractivity contribution in [3.05, 3.63) is 59.2 Å². The minimum atomic E-state index is -0.262. The predicted octanol–water partition coefficient (Wildman–Crippen LogP) is 4.73. The monoisotopic (exact) mass is 349 g/mol. The highest BCUT2D eigenvalue weighted by Gasteiger charge is 2.15. The van der Waals surface area contributed by atoms with E-state index in [0.29, 0.717) is 5.65 Å². The van der Waals surface area contributed by atoms with Crippen LogP contribution in [0.4, 0.5) is 15.9 Å². The molecule has 0 fully saturated rings. The molecule has 132 valence electrons. The summed E-state index contributed by atoms with van der Waals surface area (Å²) in [5.74, 6) is 0.530. The fraction of sp³-hybridized carbons (Fsp3) is 0.250. The number of hydrogen-bond donors (Lipinski definition) is 1. The molecule has 0 unspecified atom stereocenters. The predicted molar refractivity (Wildman–Crippen MR) is 101 cm³/mol. The van der Waals surface area contributed by atoms with Gasteiger partial charge in [-0.1, -0.05) is 13.3 Å². The molecule has 5 nitrogen and oxygen atoms in total. The number of hydrogen-bond acceptors (Lipinski definition) is 4. The molecule has 0 bridgehead atoms. The summed E-state index contributed by atoms with van der Waals surface area (Å²) < 4.78 is 15.0. The normalized spacial score (nSPS) is 11.4. The van der Waals surface area contributed by atoms with Crippen molar-refractivity contribution in [2.75, 3.05) is 5.32 Å². The Kier molecular flexibility index (Phi) is 4.03. The summed E-state index contributed by atoms with van der Waals surface area (Å²) in [6.45, 7) is 6.15. The Balaban J connectivity index is 1.94. The lowest BCUT2D eigenvalue weighted by Crippen LogP contribution is -2.04. The van der Waals surface area contributed by atoms with E-state index in [1.165, 1.54) is 12.1 Å². The Morgan fingerprint density at radius 1 is 1.08 bits per heavy atom. The highest BCUT2D eigenvalue weighted by Crippen LogP contribution is 2.26. The van der Waals surface area contributed by atoms with Crippen molar-refractivity contribution >= 4 is 28.2 Å². The molecule has 0 aliphatic carbocycles. The number of aryl methyl sites for hydroxylation is 3. The Labute approximate surface area is 150 Å². The number of fused-ring (bicyclic) bond motifs is 3. The first-order chi connectivity index (χ1) is 12.5. The molecule has 1 aromatic carbocycles. The molecular weight excluding hydrogens is 329 g/mol. The lowest BCUT2D eigenvalue weighted by atomic mass is 10.2. The van der Waals surface area contributed by atoms with Gasteiger partial charge in [0, 0.05) is 23.1 Å². The maximum absolute atomic E-state index is 13.2. The molecule has 0 saturated heterocycles. The number of nitrogens with zero attached hydrogens (tertiary/aromatic N) is 4. The molecule has 6 heteroatoms. The first kappa shape index (κ1) is 16.4. The van der Waals surface area contributed by atoms with E-state index in [9.17, 15) is 4.39 Å². The number of aromatic nitrogens is 4. The van der Waals surface area contributed by atoms with Gasteiger partial charge in [-0.3, -0.25) is 0 Å². The highest BCUT2D eigenvalue weighted by molar-refractivity contribution is 5.93. The summed E-state index contributed by atoms with van der Waals surface area (Å²) in [4.78, 5) is 9.38. The fourth-order valence-electron chi connectivity index (χ4n) is 3.23. The second-order valence-electron chi connectivity index (χ2n) is 6.53. The Morgan fingerprint density at radius 2 is 1.85 bits per heavy atom. The zero-order valence-electron chi connectivity index (χ0n) is 15.0. The zero-order chi connectivity index (χ0) is 18.3. The van der Waals surface area contributed by atoms with Crippen molar-refractivity contribution in [3.8, 4) is 0 Å². The van der Waals surface area contributed by atoms with E-state index in [-0.39, 0.29) is 5.82 Å². The third-order valence-electron chi connectivity index (χ3n) is 4.35. The van der Waals surface area contributed by atoms with Crippen LogP contribution in [0.15, 0.2) is 36.4 Å². The van der Waals surface area contributed by atoms with Gasteiger partial charge < -0.3 is 5.32 Å². The third kappa shape index (κ3) is 2.87. The van der Waals surface area contributed by atoms with Crippen LogP contribution in [0.3, 0.4) is 0 Å². The van der Waals surface area contributed by atoms with Gasteiger partial charge in [-0.2, -0.15) is 4.52 Å². The van der Waals surface area contributed by atoms with E-state index in [0.717, 1.165) is 52.3 Å². The summed E-state index contributed by atoms with van der Waals surface area (Å²) in [6.07, 6.45) is 1.88. The molecule has 0 aliphatic heterocycles. The molecule has 3 heterocycles. The van der Waals surface area contributed by atoms with Crippen LogP contribution in [0.25, 0.3) is 16.7 Å². The SMILES string of the molecule is CCCc1cc(Nc2ccc(F)cc2)n2nc3nc(C)cc(C)c3c2n1. The summed E-state index contributed by atoms with van der Waals surface area (Å²) in [6, 6.07) is 10.3. The molecule has 3 aromatic heterocycles. The van der Waals surface area contributed by atoms with Crippen molar-refractivity contribution in [3.63, 3.8) is 0 Å². The van der Waals surface area contributed by atoms with Crippen molar-refractivity contribution in [2.24, 2.45) is 0 Å². The van der Waals surface area contributed by atoms with Gasteiger partial charge in [-0.15, -0.1) is 5.10 Å². The molecule has 0 saturated carbocycles. The van der Waals surface area contributed by atoms with Gasteiger partial charge in [0.1, 0.15) is 11.6 Å². The van der Waals surface area contributed by atoms with E-state index in [2.05, 4.69) is 29.2 Å². The largest absolute Gasteiger partial charge is 0.340 e. The first-order valence-electron chi connectivity index (χ1n) is 8.74. The molecule has 4 rings (SSSR count). The van der Waals surface area contributed by atoms with Gasteiger partial charge in [0.15, 0.2) is 11.3 Å². The van der Waals surface area contributed by atoms with Crippen LogP contribution in [-0.2, 0) is 6.42 Å². The van der Waals surface area contributed by atoms with Crippen LogP contribution in [-0.4, -0.2) is 19.6 Å². The summed E-state index contributed by atoms with van der Waals surface area (Å²) in [5.41, 5.74) is 5.30. The van der Waals surface area contributed by atoms with Crippen molar-refractivity contribution in [2.45, 2.75) is 33.6 Å². The van der Waals surface area contributed by atoms with E-state index >= 15 is 0 Å². The number of anilines is 2. The Morgan fingerprint density at radius 3 is 2.58 bits per heavy atom. The van der Waals surface area contributed by atoms with Gasteiger partial charge in [0.05, 0.1) is 5.39 Å².